The lowest BCUT2D eigenvalue weighted by Gasteiger charge is -2.42. The summed E-state index contributed by atoms with van der Waals surface area (Å²) in [5.41, 5.74) is -0.00364. The number of Topliss-reactive ketones (excluding diaryl/α,β-unsaturated/α-hetero) is 1. The Morgan fingerprint density at radius 3 is 2.68 bits per heavy atom. The fourth-order valence-corrected chi connectivity index (χ4v) is 3.87. The monoisotopic (exact) mass is 426 g/mol. The minimum absolute atomic E-state index is 0.0398. The van der Waals surface area contributed by atoms with Crippen LogP contribution in [0.2, 0.25) is 0 Å². The van der Waals surface area contributed by atoms with Crippen LogP contribution in [-0.4, -0.2) is 36.9 Å². The van der Waals surface area contributed by atoms with Crippen molar-refractivity contribution >= 4 is 5.78 Å². The summed E-state index contributed by atoms with van der Waals surface area (Å²) >= 11 is 0. The molecule has 3 heterocycles. The summed E-state index contributed by atoms with van der Waals surface area (Å²) in [4.78, 5) is 36.3. The van der Waals surface area contributed by atoms with Gasteiger partial charge in [-0.3, -0.25) is 19.1 Å². The number of aryl methyl sites for hydroxylation is 1. The zero-order chi connectivity index (χ0) is 22.2. The highest BCUT2D eigenvalue weighted by Crippen LogP contribution is 2.32. The Kier molecular flexibility index (Phi) is 5.45. The number of rotatable bonds is 6. The van der Waals surface area contributed by atoms with Gasteiger partial charge in [0.25, 0.3) is 5.56 Å². The van der Waals surface area contributed by atoms with E-state index in [1.165, 1.54) is 23.1 Å². The number of halogens is 1. The molecule has 0 atom stereocenters. The highest BCUT2D eigenvalue weighted by molar-refractivity contribution is 5.96. The lowest BCUT2D eigenvalue weighted by molar-refractivity contribution is 0.0638. The van der Waals surface area contributed by atoms with Crippen molar-refractivity contribution in [3.63, 3.8) is 0 Å². The van der Waals surface area contributed by atoms with Crippen molar-refractivity contribution in [3.8, 4) is 5.75 Å². The van der Waals surface area contributed by atoms with Crippen LogP contribution < -0.4 is 5.56 Å². The maximum absolute atomic E-state index is 13.1. The predicted octanol–water partition coefficient (Wildman–Crippen LogP) is 2.64. The minimum Gasteiger partial charge on any atom is -0.501 e. The number of hydrogen-bond donors (Lipinski definition) is 1. The van der Waals surface area contributed by atoms with Crippen molar-refractivity contribution < 1.29 is 18.7 Å². The lowest BCUT2D eigenvalue weighted by atomic mass is 9.97. The summed E-state index contributed by atoms with van der Waals surface area (Å²) in [5.74, 6) is -1.01. The second-order valence-electron chi connectivity index (χ2n) is 8.10. The number of fused-ring (bicyclic) bond motifs is 1. The highest BCUT2D eigenvalue weighted by atomic mass is 19.1. The number of benzene rings is 1. The third kappa shape index (κ3) is 4.00. The lowest BCUT2D eigenvalue weighted by Crippen LogP contribution is -2.52. The molecule has 162 valence electrons. The maximum atomic E-state index is 13.1. The third-order valence-electron chi connectivity index (χ3n) is 5.73. The van der Waals surface area contributed by atoms with Gasteiger partial charge in [-0.15, -0.1) is 0 Å². The van der Waals surface area contributed by atoms with Crippen LogP contribution in [0, 0.1) is 5.82 Å². The molecular formula is C22H23FN4O4. The molecule has 0 saturated heterocycles. The van der Waals surface area contributed by atoms with Gasteiger partial charge in [0.15, 0.2) is 17.9 Å². The van der Waals surface area contributed by atoms with E-state index in [1.807, 2.05) is 13.8 Å². The molecule has 1 aromatic carbocycles. The van der Waals surface area contributed by atoms with Crippen LogP contribution in [0.4, 0.5) is 4.39 Å². The molecule has 1 aliphatic heterocycles. The van der Waals surface area contributed by atoms with Gasteiger partial charge in [0.2, 0.25) is 5.75 Å². The highest BCUT2D eigenvalue weighted by Gasteiger charge is 2.39. The first-order valence-corrected chi connectivity index (χ1v) is 10.0. The van der Waals surface area contributed by atoms with Crippen LogP contribution in [0.25, 0.3) is 0 Å². The average Bonchev–Trinajstić information content (AvgIpc) is 3.25. The Hall–Kier alpha value is -3.33. The van der Waals surface area contributed by atoms with E-state index in [9.17, 15) is 19.1 Å². The van der Waals surface area contributed by atoms with Crippen molar-refractivity contribution in [3.05, 3.63) is 75.9 Å². The van der Waals surface area contributed by atoms with Gasteiger partial charge in [0.1, 0.15) is 17.9 Å². The number of aromatic nitrogens is 3. The molecule has 31 heavy (non-hydrogen) atoms. The second kappa shape index (κ2) is 8.07. The minimum atomic E-state index is -0.684. The summed E-state index contributed by atoms with van der Waals surface area (Å²) < 4.78 is 19.5. The van der Waals surface area contributed by atoms with Crippen LogP contribution >= 0.6 is 0 Å². The summed E-state index contributed by atoms with van der Waals surface area (Å²) in [6.07, 6.45) is 3.31. The van der Waals surface area contributed by atoms with Crippen molar-refractivity contribution in [2.24, 2.45) is 0 Å². The van der Waals surface area contributed by atoms with Crippen molar-refractivity contribution in [1.29, 1.82) is 0 Å². The van der Waals surface area contributed by atoms with Crippen LogP contribution in [0.1, 0.15) is 47.8 Å². The van der Waals surface area contributed by atoms with Gasteiger partial charge in [-0.1, -0.05) is 12.1 Å². The van der Waals surface area contributed by atoms with Gasteiger partial charge >= 0.3 is 0 Å². The van der Waals surface area contributed by atoms with Crippen LogP contribution in [0.5, 0.6) is 5.75 Å². The molecule has 0 radical (unpaired) electrons. The largest absolute Gasteiger partial charge is 0.501 e. The molecule has 9 heteroatoms. The molecule has 0 spiro atoms. The van der Waals surface area contributed by atoms with E-state index in [-0.39, 0.29) is 17.9 Å². The molecule has 0 aliphatic carbocycles. The van der Waals surface area contributed by atoms with E-state index in [0.29, 0.717) is 31.9 Å². The number of aromatic hydroxyl groups is 1. The molecule has 0 saturated carbocycles. The van der Waals surface area contributed by atoms with Gasteiger partial charge in [-0.25, -0.2) is 14.4 Å². The SMILES string of the molecule is CC1(C)c2nc(C(=O)CCc3ccc(F)cc3)c(O)c(=O)n2CCN1Cc1cocn1. The van der Waals surface area contributed by atoms with Crippen molar-refractivity contribution in [2.75, 3.05) is 6.54 Å². The van der Waals surface area contributed by atoms with Gasteiger partial charge in [0.05, 0.1) is 11.2 Å². The number of oxazole rings is 1. The number of nitrogens with zero attached hydrogens (tertiary/aromatic N) is 4. The van der Waals surface area contributed by atoms with E-state index in [1.54, 1.807) is 18.4 Å². The van der Waals surface area contributed by atoms with Gasteiger partial charge in [-0.05, 0) is 38.0 Å². The normalized spacial score (nSPS) is 15.6. The standard InChI is InChI=1S/C22H23FN4O4/c1-22(2)21-25-18(17(28)8-5-14-3-6-15(23)7-4-14)19(29)20(30)27(21)10-9-26(22)11-16-12-31-13-24-16/h3-4,6-7,12-13,29H,5,8-11H2,1-2H3. The summed E-state index contributed by atoms with van der Waals surface area (Å²) in [6, 6.07) is 5.85. The Labute approximate surface area is 178 Å². The zero-order valence-electron chi connectivity index (χ0n) is 17.3. The topological polar surface area (TPSA) is 101 Å². The summed E-state index contributed by atoms with van der Waals surface area (Å²) in [5, 5.41) is 10.4. The van der Waals surface area contributed by atoms with Gasteiger partial charge in [0, 0.05) is 26.1 Å². The first-order chi connectivity index (χ1) is 14.8. The molecule has 4 rings (SSSR count). The van der Waals surface area contributed by atoms with Crippen molar-refractivity contribution in [1.82, 2.24) is 19.4 Å². The molecule has 3 aromatic rings. The molecule has 2 aromatic heterocycles. The Morgan fingerprint density at radius 1 is 1.26 bits per heavy atom. The van der Waals surface area contributed by atoms with Crippen LogP contribution in [0.3, 0.4) is 0 Å². The van der Waals surface area contributed by atoms with Gasteiger partial charge < -0.3 is 9.52 Å². The van der Waals surface area contributed by atoms with E-state index >= 15 is 0 Å². The zero-order valence-corrected chi connectivity index (χ0v) is 17.3. The average molecular weight is 426 g/mol. The Bertz CT molecular complexity index is 1150. The number of carbonyl (C=O) groups is 1. The molecule has 0 unspecified atom stereocenters. The first-order valence-electron chi connectivity index (χ1n) is 10.0. The smallest absolute Gasteiger partial charge is 0.296 e. The second-order valence-corrected chi connectivity index (χ2v) is 8.10. The van der Waals surface area contributed by atoms with E-state index in [4.69, 9.17) is 4.42 Å². The predicted molar refractivity (Wildman–Crippen MR) is 109 cm³/mol. The maximum Gasteiger partial charge on any atom is 0.296 e. The van der Waals surface area contributed by atoms with E-state index < -0.39 is 22.6 Å². The van der Waals surface area contributed by atoms with E-state index in [0.717, 1.165) is 11.3 Å². The number of carbonyl (C=O) groups excluding carboxylic acids is 1. The molecular weight excluding hydrogens is 403 g/mol. The molecule has 1 N–H and O–H groups in total. The number of ketones is 1. The van der Waals surface area contributed by atoms with E-state index in [2.05, 4.69) is 14.9 Å². The molecule has 8 nitrogen and oxygen atoms in total. The fourth-order valence-electron chi connectivity index (χ4n) is 3.87. The third-order valence-corrected chi connectivity index (χ3v) is 5.73. The molecule has 0 amide bonds. The van der Waals surface area contributed by atoms with Gasteiger partial charge in [-0.2, -0.15) is 0 Å². The Morgan fingerprint density at radius 2 is 2.00 bits per heavy atom. The van der Waals surface area contributed by atoms with Crippen molar-refractivity contribution in [2.45, 2.75) is 45.3 Å². The Balaban J connectivity index is 1.62. The van der Waals surface area contributed by atoms with Crippen LogP contribution in [0.15, 0.2) is 46.1 Å². The quantitative estimate of drug-likeness (QED) is 0.605. The molecule has 0 fully saturated rings. The molecule has 0 bridgehead atoms. The molecule has 1 aliphatic rings. The fraction of sp³-hybridized carbons (Fsp3) is 0.364. The summed E-state index contributed by atoms with van der Waals surface area (Å²) in [6.45, 7) is 5.20. The van der Waals surface area contributed by atoms with Crippen LogP contribution in [-0.2, 0) is 25.0 Å². The first kappa shape index (κ1) is 20.9. The number of hydrogen-bond acceptors (Lipinski definition) is 7. The summed E-state index contributed by atoms with van der Waals surface area (Å²) in [7, 11) is 0.